The van der Waals surface area contributed by atoms with E-state index in [1.807, 2.05) is 32.3 Å². The van der Waals surface area contributed by atoms with Crippen LogP contribution in [0.2, 0.25) is 0 Å². The Bertz CT molecular complexity index is 465. The van der Waals surface area contributed by atoms with Crippen LogP contribution in [-0.4, -0.2) is 37.0 Å². The molecule has 1 aliphatic heterocycles. The Kier molecular flexibility index (Phi) is 4.78. The second-order valence-corrected chi connectivity index (χ2v) is 5.82. The van der Waals surface area contributed by atoms with Gasteiger partial charge in [0.1, 0.15) is 0 Å². The van der Waals surface area contributed by atoms with Gasteiger partial charge in [-0.3, -0.25) is 4.79 Å². The molecule has 20 heavy (non-hydrogen) atoms. The largest absolute Gasteiger partial charge is 0.324 e. The minimum Gasteiger partial charge on any atom is -0.324 e. The summed E-state index contributed by atoms with van der Waals surface area (Å²) >= 11 is 0. The number of amides is 1. The van der Waals surface area contributed by atoms with Crippen molar-refractivity contribution in [1.29, 1.82) is 0 Å². The average Bonchev–Trinajstić information content (AvgIpc) is 2.90. The van der Waals surface area contributed by atoms with E-state index in [0.717, 1.165) is 43.6 Å². The predicted octanol–water partition coefficient (Wildman–Crippen LogP) is 2.22. The highest BCUT2D eigenvalue weighted by Crippen LogP contribution is 2.26. The molecule has 1 fully saturated rings. The van der Waals surface area contributed by atoms with Gasteiger partial charge in [0, 0.05) is 12.2 Å². The van der Waals surface area contributed by atoms with Crippen molar-refractivity contribution in [3.8, 4) is 0 Å². The lowest BCUT2D eigenvalue weighted by atomic mass is 9.93. The van der Waals surface area contributed by atoms with Crippen LogP contribution >= 0.6 is 0 Å². The van der Waals surface area contributed by atoms with E-state index in [0.29, 0.717) is 0 Å². The Labute approximate surface area is 121 Å². The SMILES string of the molecule is CCC1(C(=O)Nc2ccccc2CN(C)C)CCCN1. The molecule has 1 unspecified atom stereocenters. The van der Waals surface area contributed by atoms with Crippen LogP contribution in [0.1, 0.15) is 31.7 Å². The number of benzene rings is 1. The van der Waals surface area contributed by atoms with Crippen molar-refractivity contribution < 1.29 is 4.79 Å². The number of nitrogens with zero attached hydrogens (tertiary/aromatic N) is 1. The summed E-state index contributed by atoms with van der Waals surface area (Å²) in [6, 6.07) is 8.03. The summed E-state index contributed by atoms with van der Waals surface area (Å²) in [5, 5.41) is 6.50. The van der Waals surface area contributed by atoms with Crippen LogP contribution in [0, 0.1) is 0 Å². The fraction of sp³-hybridized carbons (Fsp3) is 0.562. The second kappa shape index (κ2) is 6.37. The molecule has 4 nitrogen and oxygen atoms in total. The molecule has 1 saturated heterocycles. The first-order chi connectivity index (χ1) is 9.57. The topological polar surface area (TPSA) is 44.4 Å². The lowest BCUT2D eigenvalue weighted by Gasteiger charge is -2.27. The van der Waals surface area contributed by atoms with Gasteiger partial charge >= 0.3 is 0 Å². The maximum absolute atomic E-state index is 12.6. The quantitative estimate of drug-likeness (QED) is 0.866. The van der Waals surface area contributed by atoms with Crippen LogP contribution in [0.3, 0.4) is 0 Å². The molecule has 2 rings (SSSR count). The number of carbonyl (C=O) groups is 1. The Morgan fingerprint density at radius 3 is 2.75 bits per heavy atom. The Balaban J connectivity index is 2.15. The van der Waals surface area contributed by atoms with Gasteiger partial charge in [-0.05, 0) is 51.5 Å². The summed E-state index contributed by atoms with van der Waals surface area (Å²) < 4.78 is 0. The molecule has 0 bridgehead atoms. The van der Waals surface area contributed by atoms with Gasteiger partial charge in [-0.15, -0.1) is 0 Å². The van der Waals surface area contributed by atoms with E-state index in [1.54, 1.807) is 0 Å². The monoisotopic (exact) mass is 275 g/mol. The molecule has 1 atom stereocenters. The molecular weight excluding hydrogens is 250 g/mol. The third kappa shape index (κ3) is 3.19. The van der Waals surface area contributed by atoms with Crippen LogP contribution in [0.25, 0.3) is 0 Å². The number of hydrogen-bond donors (Lipinski definition) is 2. The zero-order chi connectivity index (χ0) is 14.6. The first kappa shape index (κ1) is 15.0. The highest BCUT2D eigenvalue weighted by Gasteiger charge is 2.39. The van der Waals surface area contributed by atoms with Crippen molar-refractivity contribution in [2.45, 2.75) is 38.3 Å². The highest BCUT2D eigenvalue weighted by atomic mass is 16.2. The molecule has 0 aliphatic carbocycles. The third-order valence-electron chi connectivity index (χ3n) is 4.03. The summed E-state index contributed by atoms with van der Waals surface area (Å²) in [6.07, 6.45) is 2.82. The van der Waals surface area contributed by atoms with E-state index in [9.17, 15) is 4.79 Å². The molecule has 2 N–H and O–H groups in total. The zero-order valence-corrected chi connectivity index (χ0v) is 12.7. The predicted molar refractivity (Wildman–Crippen MR) is 82.7 cm³/mol. The molecule has 0 spiro atoms. The third-order valence-corrected chi connectivity index (χ3v) is 4.03. The molecular formula is C16H25N3O. The first-order valence-electron chi connectivity index (χ1n) is 7.36. The van der Waals surface area contributed by atoms with Gasteiger partial charge < -0.3 is 15.5 Å². The van der Waals surface area contributed by atoms with Crippen molar-refractivity contribution in [3.63, 3.8) is 0 Å². The zero-order valence-electron chi connectivity index (χ0n) is 12.7. The smallest absolute Gasteiger partial charge is 0.244 e. The summed E-state index contributed by atoms with van der Waals surface area (Å²) in [6.45, 7) is 3.83. The minimum atomic E-state index is -0.384. The maximum Gasteiger partial charge on any atom is 0.244 e. The summed E-state index contributed by atoms with van der Waals surface area (Å²) in [7, 11) is 4.06. The van der Waals surface area contributed by atoms with Crippen molar-refractivity contribution in [1.82, 2.24) is 10.2 Å². The number of anilines is 1. The number of carbonyl (C=O) groups excluding carboxylic acids is 1. The van der Waals surface area contributed by atoms with Crippen LogP contribution in [0.5, 0.6) is 0 Å². The molecule has 0 radical (unpaired) electrons. The maximum atomic E-state index is 12.6. The fourth-order valence-corrected chi connectivity index (χ4v) is 2.83. The number of rotatable bonds is 5. The standard InChI is InChI=1S/C16H25N3O/c1-4-16(10-7-11-17-16)15(20)18-14-9-6-5-8-13(14)12-19(2)3/h5-6,8-9,17H,4,7,10-12H2,1-3H3,(H,18,20). The van der Waals surface area contributed by atoms with Crippen LogP contribution in [-0.2, 0) is 11.3 Å². The van der Waals surface area contributed by atoms with E-state index < -0.39 is 0 Å². The van der Waals surface area contributed by atoms with Gasteiger partial charge in [0.05, 0.1) is 5.54 Å². The van der Waals surface area contributed by atoms with E-state index in [1.165, 1.54) is 0 Å². The Morgan fingerprint density at radius 1 is 1.40 bits per heavy atom. The van der Waals surface area contributed by atoms with Crippen LogP contribution < -0.4 is 10.6 Å². The molecule has 4 heteroatoms. The van der Waals surface area contributed by atoms with E-state index in [-0.39, 0.29) is 11.4 Å². The lowest BCUT2D eigenvalue weighted by Crippen LogP contribution is -2.50. The molecule has 0 saturated carbocycles. The molecule has 1 aliphatic rings. The summed E-state index contributed by atoms with van der Waals surface area (Å²) in [5.41, 5.74) is 1.69. The molecule has 1 aromatic rings. The van der Waals surface area contributed by atoms with E-state index in [2.05, 4.69) is 28.5 Å². The lowest BCUT2D eigenvalue weighted by molar-refractivity contribution is -0.122. The van der Waals surface area contributed by atoms with Crippen molar-refractivity contribution >= 4 is 11.6 Å². The number of nitrogens with one attached hydrogen (secondary N) is 2. The van der Waals surface area contributed by atoms with Crippen molar-refractivity contribution in [2.75, 3.05) is 26.0 Å². The van der Waals surface area contributed by atoms with Crippen molar-refractivity contribution in [3.05, 3.63) is 29.8 Å². The minimum absolute atomic E-state index is 0.101. The molecule has 1 amide bonds. The number of para-hydroxylation sites is 1. The van der Waals surface area contributed by atoms with Crippen molar-refractivity contribution in [2.24, 2.45) is 0 Å². The van der Waals surface area contributed by atoms with Gasteiger partial charge in [0.2, 0.25) is 5.91 Å². The van der Waals surface area contributed by atoms with Gasteiger partial charge in [-0.1, -0.05) is 25.1 Å². The summed E-state index contributed by atoms with van der Waals surface area (Å²) in [4.78, 5) is 14.7. The normalized spacial score (nSPS) is 22.2. The van der Waals surface area contributed by atoms with Gasteiger partial charge in [-0.25, -0.2) is 0 Å². The van der Waals surface area contributed by atoms with Gasteiger partial charge in [0.25, 0.3) is 0 Å². The Morgan fingerprint density at radius 2 is 2.15 bits per heavy atom. The molecule has 110 valence electrons. The molecule has 0 aromatic heterocycles. The first-order valence-corrected chi connectivity index (χ1v) is 7.36. The molecule has 1 aromatic carbocycles. The van der Waals surface area contributed by atoms with Gasteiger partial charge in [-0.2, -0.15) is 0 Å². The van der Waals surface area contributed by atoms with E-state index in [4.69, 9.17) is 0 Å². The Hall–Kier alpha value is -1.39. The fourth-order valence-electron chi connectivity index (χ4n) is 2.83. The molecule has 1 heterocycles. The van der Waals surface area contributed by atoms with Crippen LogP contribution in [0.15, 0.2) is 24.3 Å². The highest BCUT2D eigenvalue weighted by molar-refractivity contribution is 5.98. The summed E-state index contributed by atoms with van der Waals surface area (Å²) in [5.74, 6) is 0.101. The average molecular weight is 275 g/mol. The van der Waals surface area contributed by atoms with Gasteiger partial charge in [0.15, 0.2) is 0 Å². The second-order valence-electron chi connectivity index (χ2n) is 5.82. The number of hydrogen-bond acceptors (Lipinski definition) is 3. The van der Waals surface area contributed by atoms with Crippen LogP contribution in [0.4, 0.5) is 5.69 Å². The van der Waals surface area contributed by atoms with E-state index >= 15 is 0 Å².